The summed E-state index contributed by atoms with van der Waals surface area (Å²) < 4.78 is 2.95. The minimum Gasteiger partial charge on any atom is -0.307 e. The molecular weight excluding hydrogens is 488 g/mol. The summed E-state index contributed by atoms with van der Waals surface area (Å²) in [6.07, 6.45) is 4.29. The molecule has 0 radical (unpaired) electrons. The van der Waals surface area contributed by atoms with Gasteiger partial charge in [-0.1, -0.05) is 12.1 Å². The van der Waals surface area contributed by atoms with E-state index in [2.05, 4.69) is 25.5 Å². The van der Waals surface area contributed by atoms with Crippen LogP contribution >= 0.6 is 0 Å². The monoisotopic (exact) mass is 510 g/mol. The van der Waals surface area contributed by atoms with E-state index in [-0.39, 0.29) is 11.6 Å². The Morgan fingerprint density at radius 1 is 1.11 bits per heavy atom. The highest BCUT2D eigenvalue weighted by atomic mass is 16.6. The quantitative estimate of drug-likeness (QED) is 0.200. The molecule has 190 valence electrons. The number of nitro groups is 1. The van der Waals surface area contributed by atoms with Gasteiger partial charge in [0, 0.05) is 24.3 Å². The first-order valence-corrected chi connectivity index (χ1v) is 11.6. The third-order valence-corrected chi connectivity index (χ3v) is 6.04. The van der Waals surface area contributed by atoms with Gasteiger partial charge in [-0.25, -0.2) is 4.68 Å². The Bertz CT molecular complexity index is 1790. The third kappa shape index (κ3) is 4.57. The lowest BCUT2D eigenvalue weighted by Crippen LogP contribution is -2.18. The molecule has 0 aliphatic carbocycles. The number of nitrogens with zero attached hydrogens (tertiary/aromatic N) is 6. The van der Waals surface area contributed by atoms with Crippen molar-refractivity contribution >= 4 is 34.5 Å². The van der Waals surface area contributed by atoms with E-state index in [9.17, 15) is 19.7 Å². The Morgan fingerprint density at radius 3 is 2.61 bits per heavy atom. The number of nitrogens with one attached hydrogen (secondary N) is 2. The van der Waals surface area contributed by atoms with Crippen LogP contribution in [-0.4, -0.2) is 40.4 Å². The van der Waals surface area contributed by atoms with Crippen molar-refractivity contribution in [3.8, 4) is 11.6 Å². The number of carbonyl (C=O) groups excluding carboxylic acids is 1. The van der Waals surface area contributed by atoms with Crippen LogP contribution in [-0.2, 0) is 4.79 Å². The maximum Gasteiger partial charge on any atom is 0.269 e. The maximum atomic E-state index is 12.9. The molecule has 0 bridgehead atoms. The largest absolute Gasteiger partial charge is 0.307 e. The van der Waals surface area contributed by atoms with Crippen LogP contribution in [0.5, 0.6) is 0 Å². The highest BCUT2D eigenvalue weighted by Crippen LogP contribution is 2.22. The number of hydrogen-bond acceptors (Lipinski definition) is 7. The Kier molecular flexibility index (Phi) is 6.13. The van der Waals surface area contributed by atoms with Gasteiger partial charge in [-0.15, -0.1) is 0 Å². The molecule has 0 saturated heterocycles. The van der Waals surface area contributed by atoms with Crippen molar-refractivity contribution < 1.29 is 9.72 Å². The van der Waals surface area contributed by atoms with Crippen LogP contribution in [0.15, 0.2) is 65.6 Å². The second kappa shape index (κ2) is 9.58. The van der Waals surface area contributed by atoms with E-state index in [0.717, 1.165) is 16.8 Å². The Hall–Kier alpha value is -5.39. The lowest BCUT2D eigenvalue weighted by molar-refractivity contribution is -0.384. The van der Waals surface area contributed by atoms with Gasteiger partial charge >= 0.3 is 0 Å². The Balaban J connectivity index is 1.47. The molecule has 38 heavy (non-hydrogen) atoms. The first-order valence-electron chi connectivity index (χ1n) is 11.6. The number of aromatic amines is 1. The molecule has 1 amide bonds. The average molecular weight is 511 g/mol. The van der Waals surface area contributed by atoms with Crippen molar-refractivity contribution in [3.05, 3.63) is 104 Å². The molecule has 5 rings (SSSR count). The van der Waals surface area contributed by atoms with Gasteiger partial charge in [-0.05, 0) is 61.7 Å². The number of rotatable bonds is 6. The molecule has 3 heterocycles. The number of amides is 1. The van der Waals surface area contributed by atoms with Crippen LogP contribution < -0.4 is 10.9 Å². The molecule has 0 unspecified atom stereocenters. The molecule has 0 aliphatic heterocycles. The van der Waals surface area contributed by atoms with Crippen molar-refractivity contribution in [2.24, 2.45) is 0 Å². The van der Waals surface area contributed by atoms with Crippen molar-refractivity contribution in [2.45, 2.75) is 20.8 Å². The number of fused-ring (bicyclic) bond motifs is 1. The highest BCUT2D eigenvalue weighted by Gasteiger charge is 2.17. The number of hydrogen-bond donors (Lipinski definition) is 2. The van der Waals surface area contributed by atoms with Crippen molar-refractivity contribution in [1.29, 1.82) is 0 Å². The molecule has 5 aromatic rings. The predicted octanol–water partition coefficient (Wildman–Crippen LogP) is 3.78. The van der Waals surface area contributed by atoms with Gasteiger partial charge in [0.25, 0.3) is 11.2 Å². The summed E-state index contributed by atoms with van der Waals surface area (Å²) in [6, 6.07) is 13.2. The molecule has 12 nitrogen and oxygen atoms in total. The SMILES string of the molecule is Cc1cc(NC(=O)/C=C\c2ccc([N+](=O)[O-])cc2)n(-c2nc3c(cnn3-c3cccc(C)c3C)c(=O)[nH]2)n1. The summed E-state index contributed by atoms with van der Waals surface area (Å²) >= 11 is 0. The summed E-state index contributed by atoms with van der Waals surface area (Å²) in [5, 5.41) is 22.7. The van der Waals surface area contributed by atoms with Crippen LogP contribution in [0, 0.1) is 30.9 Å². The van der Waals surface area contributed by atoms with Gasteiger partial charge < -0.3 is 5.32 Å². The number of carbonyl (C=O) groups is 1. The summed E-state index contributed by atoms with van der Waals surface area (Å²) in [6.45, 7) is 5.71. The molecular formula is C26H22N8O4. The average Bonchev–Trinajstić information content (AvgIpc) is 3.48. The molecule has 0 atom stereocenters. The lowest BCUT2D eigenvalue weighted by atomic mass is 10.1. The minimum atomic E-state index is -0.492. The molecule has 0 fully saturated rings. The minimum absolute atomic E-state index is 0.0386. The molecule has 2 N–H and O–H groups in total. The van der Waals surface area contributed by atoms with E-state index in [1.165, 1.54) is 35.2 Å². The van der Waals surface area contributed by atoms with Crippen molar-refractivity contribution in [2.75, 3.05) is 5.32 Å². The van der Waals surface area contributed by atoms with Crippen LogP contribution in [0.2, 0.25) is 0 Å². The second-order valence-electron chi connectivity index (χ2n) is 8.66. The van der Waals surface area contributed by atoms with Gasteiger partial charge in [0.1, 0.15) is 11.2 Å². The fourth-order valence-corrected chi connectivity index (χ4v) is 3.95. The number of H-pyrrole nitrogens is 1. The molecule has 0 spiro atoms. The number of benzene rings is 2. The Labute approximate surface area is 215 Å². The molecule has 0 saturated carbocycles. The zero-order valence-corrected chi connectivity index (χ0v) is 20.7. The van der Waals surface area contributed by atoms with Gasteiger partial charge in [0.15, 0.2) is 5.65 Å². The smallest absolute Gasteiger partial charge is 0.269 e. The van der Waals surface area contributed by atoms with Crippen LogP contribution in [0.4, 0.5) is 11.5 Å². The van der Waals surface area contributed by atoms with E-state index in [0.29, 0.717) is 28.1 Å². The number of aromatic nitrogens is 6. The topological polar surface area (TPSA) is 154 Å². The van der Waals surface area contributed by atoms with Crippen LogP contribution in [0.1, 0.15) is 22.4 Å². The number of non-ortho nitro benzene ring substituents is 1. The van der Waals surface area contributed by atoms with E-state index in [1.54, 1.807) is 29.8 Å². The van der Waals surface area contributed by atoms with E-state index < -0.39 is 16.4 Å². The van der Waals surface area contributed by atoms with Gasteiger partial charge in [0.2, 0.25) is 11.9 Å². The van der Waals surface area contributed by atoms with E-state index in [1.807, 2.05) is 32.0 Å². The van der Waals surface area contributed by atoms with E-state index >= 15 is 0 Å². The third-order valence-electron chi connectivity index (χ3n) is 6.04. The first-order chi connectivity index (χ1) is 18.2. The fourth-order valence-electron chi connectivity index (χ4n) is 3.95. The normalized spacial score (nSPS) is 11.3. The predicted molar refractivity (Wildman–Crippen MR) is 142 cm³/mol. The summed E-state index contributed by atoms with van der Waals surface area (Å²) in [5.41, 5.74) is 3.99. The van der Waals surface area contributed by atoms with Crippen LogP contribution in [0.3, 0.4) is 0 Å². The molecule has 0 aliphatic rings. The lowest BCUT2D eigenvalue weighted by Gasteiger charge is -2.10. The van der Waals surface area contributed by atoms with Crippen molar-refractivity contribution in [1.82, 2.24) is 29.5 Å². The van der Waals surface area contributed by atoms with Crippen molar-refractivity contribution in [3.63, 3.8) is 0 Å². The van der Waals surface area contributed by atoms with Gasteiger partial charge in [-0.2, -0.15) is 19.9 Å². The fraction of sp³-hybridized carbons (Fsp3) is 0.115. The van der Waals surface area contributed by atoms with Crippen LogP contribution in [0.25, 0.3) is 28.7 Å². The van der Waals surface area contributed by atoms with Gasteiger partial charge in [0.05, 0.1) is 22.5 Å². The molecule has 3 aromatic heterocycles. The molecule has 2 aromatic carbocycles. The standard InChI is InChI=1S/C26H22N8O4/c1-15-5-4-6-21(17(15)3)32-24-20(14-27-32)25(36)30-26(29-24)33-22(13-16(2)31-33)28-23(35)12-9-18-7-10-19(11-8-18)34(37)38/h4-14H,1-3H3,(H,28,35)(H,29,30,36)/b12-9-. The zero-order valence-electron chi connectivity index (χ0n) is 20.7. The highest BCUT2D eigenvalue weighted by molar-refractivity contribution is 6.01. The molecule has 12 heteroatoms. The van der Waals surface area contributed by atoms with E-state index in [4.69, 9.17) is 0 Å². The Morgan fingerprint density at radius 2 is 1.87 bits per heavy atom. The summed E-state index contributed by atoms with van der Waals surface area (Å²) in [5.74, 6) is -0.0631. The number of aryl methyl sites for hydroxylation is 2. The maximum absolute atomic E-state index is 12.9. The zero-order chi connectivity index (χ0) is 27.0. The number of anilines is 1. The summed E-state index contributed by atoms with van der Waals surface area (Å²) in [4.78, 5) is 43.2. The first kappa shape index (κ1) is 24.3. The summed E-state index contributed by atoms with van der Waals surface area (Å²) in [7, 11) is 0. The number of nitro benzene ring substituents is 1. The van der Waals surface area contributed by atoms with Gasteiger partial charge in [-0.3, -0.25) is 24.7 Å². The second-order valence-corrected chi connectivity index (χ2v) is 8.66.